The fraction of sp³-hybridized carbons (Fsp3) is 0.600. The second kappa shape index (κ2) is 2.94. The summed E-state index contributed by atoms with van der Waals surface area (Å²) in [6.45, 7) is 1.83. The number of aromatic amines is 1. The van der Waals surface area contributed by atoms with Gasteiger partial charge >= 0.3 is 0 Å². The molecule has 0 saturated heterocycles. The molecule has 0 aliphatic carbocycles. The minimum absolute atomic E-state index is 0.145. The molecular formula is C5H8N2O2S. The molecule has 0 bridgehead atoms. The van der Waals surface area contributed by atoms with Crippen molar-refractivity contribution in [3.8, 4) is 0 Å². The smallest absolute Gasteiger partial charge is 0.284 e. The van der Waals surface area contributed by atoms with Crippen LogP contribution < -0.4 is 0 Å². The van der Waals surface area contributed by atoms with Crippen molar-refractivity contribution in [2.75, 3.05) is 7.11 Å². The predicted octanol–water partition coefficient (Wildman–Crippen LogP) is 1.44. The maximum absolute atomic E-state index is 4.96. The Morgan fingerprint density at radius 3 is 2.90 bits per heavy atom. The van der Waals surface area contributed by atoms with Crippen molar-refractivity contribution >= 4 is 12.2 Å². The van der Waals surface area contributed by atoms with E-state index in [-0.39, 0.29) is 10.9 Å². The Hall–Kier alpha value is -0.680. The van der Waals surface area contributed by atoms with Gasteiger partial charge in [-0.25, -0.2) is 5.10 Å². The number of rotatable bonds is 2. The first-order valence-electron chi connectivity index (χ1n) is 2.82. The molecule has 0 fully saturated rings. The third-order valence-corrected chi connectivity index (χ3v) is 1.33. The zero-order valence-corrected chi connectivity index (χ0v) is 6.57. The summed E-state index contributed by atoms with van der Waals surface area (Å²) in [6.07, 6.45) is -0.145. The minimum Gasteiger partial charge on any atom is -0.411 e. The highest BCUT2D eigenvalue weighted by Crippen LogP contribution is 2.11. The standard InChI is InChI=1S/C5H8N2O2S/c1-3(8-2)4-6-7-5(10)9-4/h3H,1-2H3,(H,7,10). The van der Waals surface area contributed by atoms with Crippen molar-refractivity contribution in [3.05, 3.63) is 10.7 Å². The molecule has 1 N–H and O–H groups in total. The molecule has 0 saturated carbocycles. The van der Waals surface area contributed by atoms with Gasteiger partial charge in [0.05, 0.1) is 0 Å². The van der Waals surface area contributed by atoms with Crippen molar-refractivity contribution in [1.82, 2.24) is 10.2 Å². The highest BCUT2D eigenvalue weighted by atomic mass is 32.1. The molecule has 1 aromatic rings. The van der Waals surface area contributed by atoms with Crippen LogP contribution >= 0.6 is 12.2 Å². The van der Waals surface area contributed by atoms with Gasteiger partial charge in [0.2, 0.25) is 5.89 Å². The normalized spacial score (nSPS) is 13.4. The molecule has 1 heterocycles. The molecule has 1 rings (SSSR count). The van der Waals surface area contributed by atoms with E-state index in [0.29, 0.717) is 5.89 Å². The van der Waals surface area contributed by atoms with Crippen molar-refractivity contribution in [2.45, 2.75) is 13.0 Å². The minimum atomic E-state index is -0.145. The monoisotopic (exact) mass is 160 g/mol. The summed E-state index contributed by atoms with van der Waals surface area (Å²) < 4.78 is 9.89. The van der Waals surface area contributed by atoms with Gasteiger partial charge < -0.3 is 9.15 Å². The lowest BCUT2D eigenvalue weighted by atomic mass is 10.4. The van der Waals surface area contributed by atoms with Gasteiger partial charge in [0.1, 0.15) is 6.10 Å². The van der Waals surface area contributed by atoms with Gasteiger partial charge in [0.25, 0.3) is 4.84 Å². The molecular weight excluding hydrogens is 152 g/mol. The first-order valence-corrected chi connectivity index (χ1v) is 3.23. The van der Waals surface area contributed by atoms with Gasteiger partial charge in [-0.1, -0.05) is 0 Å². The van der Waals surface area contributed by atoms with Crippen molar-refractivity contribution in [2.24, 2.45) is 0 Å². The Balaban J connectivity index is 2.84. The molecule has 1 unspecified atom stereocenters. The number of hydrogen-bond donors (Lipinski definition) is 1. The van der Waals surface area contributed by atoms with Gasteiger partial charge in [-0.05, 0) is 19.1 Å². The summed E-state index contributed by atoms with van der Waals surface area (Å²) >= 11 is 4.66. The van der Waals surface area contributed by atoms with Crippen LogP contribution in [0.15, 0.2) is 4.42 Å². The van der Waals surface area contributed by atoms with Gasteiger partial charge in [0.15, 0.2) is 0 Å². The molecule has 0 spiro atoms. The predicted molar refractivity (Wildman–Crippen MR) is 37.1 cm³/mol. The third kappa shape index (κ3) is 1.43. The van der Waals surface area contributed by atoms with Crippen molar-refractivity contribution < 1.29 is 9.15 Å². The van der Waals surface area contributed by atoms with Crippen LogP contribution in [0.25, 0.3) is 0 Å². The lowest BCUT2D eigenvalue weighted by Gasteiger charge is -2.00. The third-order valence-electron chi connectivity index (χ3n) is 1.16. The number of hydrogen-bond acceptors (Lipinski definition) is 4. The maximum atomic E-state index is 4.96. The van der Waals surface area contributed by atoms with Crippen LogP contribution in [0.4, 0.5) is 0 Å². The molecule has 4 nitrogen and oxygen atoms in total. The summed E-state index contributed by atoms with van der Waals surface area (Å²) in [6, 6.07) is 0. The van der Waals surface area contributed by atoms with Crippen LogP contribution in [0.3, 0.4) is 0 Å². The van der Waals surface area contributed by atoms with E-state index in [0.717, 1.165) is 0 Å². The van der Waals surface area contributed by atoms with E-state index < -0.39 is 0 Å². The molecule has 56 valence electrons. The molecule has 0 aromatic carbocycles. The van der Waals surface area contributed by atoms with Gasteiger partial charge in [0, 0.05) is 7.11 Å². The number of ether oxygens (including phenoxy) is 1. The van der Waals surface area contributed by atoms with E-state index in [2.05, 4.69) is 22.4 Å². The molecule has 0 aliphatic rings. The Labute approximate surface area is 63.2 Å². The van der Waals surface area contributed by atoms with Crippen LogP contribution in [0.5, 0.6) is 0 Å². The highest BCUT2D eigenvalue weighted by molar-refractivity contribution is 7.71. The number of nitrogens with one attached hydrogen (secondary N) is 1. The van der Waals surface area contributed by atoms with Crippen LogP contribution in [-0.2, 0) is 4.74 Å². The summed E-state index contributed by atoms with van der Waals surface area (Å²) in [5.74, 6) is 0.479. The van der Waals surface area contributed by atoms with Crippen LogP contribution in [0, 0.1) is 4.84 Å². The summed E-state index contributed by atoms with van der Waals surface area (Å²) in [5.41, 5.74) is 0. The average Bonchev–Trinajstić information content (AvgIpc) is 2.34. The number of methoxy groups -OCH3 is 1. The lowest BCUT2D eigenvalue weighted by molar-refractivity contribution is 0.0942. The summed E-state index contributed by atoms with van der Waals surface area (Å²) in [5, 5.41) is 6.27. The Bertz CT molecular complexity index is 254. The van der Waals surface area contributed by atoms with E-state index in [9.17, 15) is 0 Å². The topological polar surface area (TPSA) is 51.0 Å². The van der Waals surface area contributed by atoms with Crippen LogP contribution in [0.2, 0.25) is 0 Å². The van der Waals surface area contributed by atoms with Crippen LogP contribution in [0.1, 0.15) is 18.9 Å². The van der Waals surface area contributed by atoms with E-state index in [1.54, 1.807) is 7.11 Å². The van der Waals surface area contributed by atoms with Gasteiger partial charge in [-0.3, -0.25) is 0 Å². The first-order chi connectivity index (χ1) is 4.74. The molecule has 0 radical (unpaired) electrons. The van der Waals surface area contributed by atoms with E-state index >= 15 is 0 Å². The fourth-order valence-corrected chi connectivity index (χ4v) is 0.647. The zero-order chi connectivity index (χ0) is 7.56. The zero-order valence-electron chi connectivity index (χ0n) is 5.75. The summed E-state index contributed by atoms with van der Waals surface area (Å²) in [4.78, 5) is 0.277. The Morgan fingerprint density at radius 1 is 1.80 bits per heavy atom. The molecule has 1 aromatic heterocycles. The molecule has 5 heteroatoms. The number of nitrogens with zero attached hydrogens (tertiary/aromatic N) is 1. The molecule has 0 amide bonds. The fourth-order valence-electron chi connectivity index (χ4n) is 0.516. The SMILES string of the molecule is COC(C)c1n[nH]c(=S)o1. The lowest BCUT2D eigenvalue weighted by Crippen LogP contribution is -1.95. The van der Waals surface area contributed by atoms with Crippen LogP contribution in [-0.4, -0.2) is 17.3 Å². The number of aromatic nitrogens is 2. The highest BCUT2D eigenvalue weighted by Gasteiger charge is 2.08. The van der Waals surface area contributed by atoms with Gasteiger partial charge in [-0.2, -0.15) is 0 Å². The van der Waals surface area contributed by atoms with Crippen molar-refractivity contribution in [1.29, 1.82) is 0 Å². The van der Waals surface area contributed by atoms with Gasteiger partial charge in [-0.15, -0.1) is 5.10 Å². The molecule has 0 aliphatic heterocycles. The average molecular weight is 160 g/mol. The quantitative estimate of drug-likeness (QED) is 0.665. The first kappa shape index (κ1) is 7.43. The Kier molecular flexibility index (Phi) is 2.18. The Morgan fingerprint density at radius 2 is 2.50 bits per heavy atom. The number of H-pyrrole nitrogens is 1. The second-order valence-corrected chi connectivity index (χ2v) is 2.20. The second-order valence-electron chi connectivity index (χ2n) is 1.83. The van der Waals surface area contributed by atoms with E-state index in [1.807, 2.05) is 6.92 Å². The molecule has 1 atom stereocenters. The van der Waals surface area contributed by atoms with Crippen molar-refractivity contribution in [3.63, 3.8) is 0 Å². The molecule has 10 heavy (non-hydrogen) atoms. The maximum Gasteiger partial charge on any atom is 0.284 e. The van der Waals surface area contributed by atoms with E-state index in [1.165, 1.54) is 0 Å². The van der Waals surface area contributed by atoms with E-state index in [4.69, 9.17) is 9.15 Å². The summed E-state index contributed by atoms with van der Waals surface area (Å²) in [7, 11) is 1.58. The largest absolute Gasteiger partial charge is 0.411 e.